The van der Waals surface area contributed by atoms with Gasteiger partial charge in [0.1, 0.15) is 0 Å². The van der Waals surface area contributed by atoms with Crippen LogP contribution in [0.25, 0.3) is 10.1 Å². The number of benzene rings is 1. The standard InChI is InChI=1S/C19H23N3O2S/c1-21-9-7-16(19(21)24)22-10-5-14(6-11-22)20-18(23)15-4-2-3-13-8-12-25-17(13)15/h2-4,8,12,14,16H,5-7,9-11H2,1H3,(H,20,23). The number of rotatable bonds is 3. The lowest BCUT2D eigenvalue weighted by Crippen LogP contribution is -2.50. The molecule has 1 aromatic carbocycles. The van der Waals surface area contributed by atoms with Crippen LogP contribution < -0.4 is 5.32 Å². The molecule has 2 amide bonds. The largest absolute Gasteiger partial charge is 0.349 e. The molecule has 6 heteroatoms. The van der Waals surface area contributed by atoms with E-state index in [1.807, 2.05) is 41.6 Å². The molecular weight excluding hydrogens is 334 g/mol. The molecule has 2 fully saturated rings. The van der Waals surface area contributed by atoms with Crippen molar-refractivity contribution in [1.82, 2.24) is 15.1 Å². The molecule has 1 N–H and O–H groups in total. The van der Waals surface area contributed by atoms with Crippen molar-refractivity contribution in [3.63, 3.8) is 0 Å². The molecule has 1 aromatic heterocycles. The predicted octanol–water partition coefficient (Wildman–Crippen LogP) is 2.33. The van der Waals surface area contributed by atoms with E-state index in [4.69, 9.17) is 0 Å². The molecule has 2 aromatic rings. The van der Waals surface area contributed by atoms with Crippen molar-refractivity contribution in [2.75, 3.05) is 26.7 Å². The van der Waals surface area contributed by atoms with Crippen molar-refractivity contribution in [2.45, 2.75) is 31.3 Å². The van der Waals surface area contributed by atoms with E-state index < -0.39 is 0 Å². The van der Waals surface area contributed by atoms with E-state index in [1.54, 1.807) is 11.3 Å². The summed E-state index contributed by atoms with van der Waals surface area (Å²) in [6, 6.07) is 8.15. The number of nitrogens with one attached hydrogen (secondary N) is 1. The number of likely N-dealkylation sites (tertiary alicyclic amines) is 2. The van der Waals surface area contributed by atoms with Crippen LogP contribution in [0.4, 0.5) is 0 Å². The number of amides is 2. The summed E-state index contributed by atoms with van der Waals surface area (Å²) in [7, 11) is 1.88. The van der Waals surface area contributed by atoms with Gasteiger partial charge in [0.25, 0.3) is 5.91 Å². The van der Waals surface area contributed by atoms with E-state index in [0.29, 0.717) is 0 Å². The molecular formula is C19H23N3O2S. The Kier molecular flexibility index (Phi) is 4.48. The Morgan fingerprint density at radius 3 is 2.68 bits per heavy atom. The van der Waals surface area contributed by atoms with Crippen molar-refractivity contribution < 1.29 is 9.59 Å². The highest BCUT2D eigenvalue weighted by molar-refractivity contribution is 7.17. The van der Waals surface area contributed by atoms with Crippen molar-refractivity contribution in [3.8, 4) is 0 Å². The zero-order chi connectivity index (χ0) is 17.4. The molecule has 132 valence electrons. The van der Waals surface area contributed by atoms with Crippen LogP contribution in [0.1, 0.15) is 29.6 Å². The highest BCUT2D eigenvalue weighted by Gasteiger charge is 2.35. The Hall–Kier alpha value is -1.92. The van der Waals surface area contributed by atoms with E-state index in [1.165, 1.54) is 0 Å². The average Bonchev–Trinajstić information content (AvgIpc) is 3.23. The zero-order valence-corrected chi connectivity index (χ0v) is 15.2. The smallest absolute Gasteiger partial charge is 0.252 e. The normalized spacial score (nSPS) is 22.7. The number of carbonyl (C=O) groups is 2. The van der Waals surface area contributed by atoms with Gasteiger partial charge in [0.15, 0.2) is 0 Å². The van der Waals surface area contributed by atoms with Crippen LogP contribution in [0.5, 0.6) is 0 Å². The summed E-state index contributed by atoms with van der Waals surface area (Å²) in [6.07, 6.45) is 2.73. The molecule has 2 aliphatic rings. The molecule has 2 saturated heterocycles. The summed E-state index contributed by atoms with van der Waals surface area (Å²) in [5.41, 5.74) is 0.766. The van der Waals surface area contributed by atoms with E-state index in [9.17, 15) is 9.59 Å². The number of hydrogen-bond donors (Lipinski definition) is 1. The van der Waals surface area contributed by atoms with Gasteiger partial charge in [0.2, 0.25) is 5.91 Å². The van der Waals surface area contributed by atoms with Crippen molar-refractivity contribution in [3.05, 3.63) is 35.2 Å². The Morgan fingerprint density at radius 2 is 1.96 bits per heavy atom. The number of hydrogen-bond acceptors (Lipinski definition) is 4. The van der Waals surface area contributed by atoms with E-state index in [0.717, 1.165) is 54.5 Å². The van der Waals surface area contributed by atoms with Gasteiger partial charge < -0.3 is 10.2 Å². The first kappa shape index (κ1) is 16.5. The minimum Gasteiger partial charge on any atom is -0.349 e. The second-order valence-corrected chi connectivity index (χ2v) is 7.91. The molecule has 2 aliphatic heterocycles. The SMILES string of the molecule is CN1CCC(N2CCC(NC(=O)c3cccc4ccsc34)CC2)C1=O. The van der Waals surface area contributed by atoms with E-state index >= 15 is 0 Å². The van der Waals surface area contributed by atoms with Crippen LogP contribution in [0.2, 0.25) is 0 Å². The van der Waals surface area contributed by atoms with E-state index in [2.05, 4.69) is 10.2 Å². The van der Waals surface area contributed by atoms with Gasteiger partial charge in [-0.15, -0.1) is 11.3 Å². The van der Waals surface area contributed by atoms with Gasteiger partial charge in [-0.1, -0.05) is 12.1 Å². The number of likely N-dealkylation sites (N-methyl/N-ethyl adjacent to an activating group) is 1. The number of thiophene rings is 1. The van der Waals surface area contributed by atoms with Gasteiger partial charge >= 0.3 is 0 Å². The van der Waals surface area contributed by atoms with Crippen molar-refractivity contribution in [2.24, 2.45) is 0 Å². The van der Waals surface area contributed by atoms with Crippen LogP contribution in [-0.4, -0.2) is 60.4 Å². The summed E-state index contributed by atoms with van der Waals surface area (Å²) >= 11 is 1.61. The van der Waals surface area contributed by atoms with Crippen LogP contribution in [0.15, 0.2) is 29.6 Å². The van der Waals surface area contributed by atoms with Crippen LogP contribution in [0, 0.1) is 0 Å². The van der Waals surface area contributed by atoms with Gasteiger partial charge in [0.05, 0.1) is 11.6 Å². The molecule has 5 nitrogen and oxygen atoms in total. The summed E-state index contributed by atoms with van der Waals surface area (Å²) in [5.74, 6) is 0.259. The van der Waals surface area contributed by atoms with E-state index in [-0.39, 0.29) is 23.9 Å². The molecule has 0 bridgehead atoms. The monoisotopic (exact) mass is 357 g/mol. The molecule has 3 heterocycles. The first-order valence-corrected chi connectivity index (χ1v) is 9.77. The summed E-state index contributed by atoms with van der Waals surface area (Å²) in [6.45, 7) is 2.60. The summed E-state index contributed by atoms with van der Waals surface area (Å²) in [5, 5.41) is 6.34. The highest BCUT2D eigenvalue weighted by Crippen LogP contribution is 2.25. The van der Waals surface area contributed by atoms with Gasteiger partial charge in [-0.25, -0.2) is 0 Å². The second-order valence-electron chi connectivity index (χ2n) is 6.99. The molecule has 4 rings (SSSR count). The molecule has 0 aliphatic carbocycles. The fourth-order valence-electron chi connectivity index (χ4n) is 3.93. The highest BCUT2D eigenvalue weighted by atomic mass is 32.1. The third kappa shape index (κ3) is 3.16. The van der Waals surface area contributed by atoms with Crippen LogP contribution >= 0.6 is 11.3 Å². The number of piperidine rings is 1. The fourth-order valence-corrected chi connectivity index (χ4v) is 4.84. The lowest BCUT2D eigenvalue weighted by Gasteiger charge is -2.35. The fraction of sp³-hybridized carbons (Fsp3) is 0.474. The maximum absolute atomic E-state index is 12.7. The Balaban J connectivity index is 1.36. The molecule has 1 unspecified atom stereocenters. The van der Waals surface area contributed by atoms with Gasteiger partial charge in [-0.2, -0.15) is 0 Å². The minimum absolute atomic E-state index is 0.0168. The predicted molar refractivity (Wildman–Crippen MR) is 99.9 cm³/mol. The van der Waals surface area contributed by atoms with Gasteiger partial charge in [0, 0.05) is 37.4 Å². The topological polar surface area (TPSA) is 52.6 Å². The number of nitrogens with zero attached hydrogens (tertiary/aromatic N) is 2. The Labute approximate surface area is 151 Å². The number of fused-ring (bicyclic) bond motifs is 1. The molecule has 0 radical (unpaired) electrons. The van der Waals surface area contributed by atoms with Gasteiger partial charge in [-0.05, 0) is 42.2 Å². The Bertz CT molecular complexity index is 795. The number of carbonyl (C=O) groups excluding carboxylic acids is 2. The van der Waals surface area contributed by atoms with Crippen molar-refractivity contribution >= 4 is 33.2 Å². The second kappa shape index (κ2) is 6.77. The third-order valence-corrected chi connectivity index (χ3v) is 6.39. The van der Waals surface area contributed by atoms with Crippen LogP contribution in [-0.2, 0) is 4.79 Å². The summed E-state index contributed by atoms with van der Waals surface area (Å²) < 4.78 is 1.05. The minimum atomic E-state index is 0.0168. The summed E-state index contributed by atoms with van der Waals surface area (Å²) in [4.78, 5) is 28.9. The Morgan fingerprint density at radius 1 is 1.16 bits per heavy atom. The van der Waals surface area contributed by atoms with Crippen LogP contribution in [0.3, 0.4) is 0 Å². The lowest BCUT2D eigenvalue weighted by atomic mass is 10.0. The zero-order valence-electron chi connectivity index (χ0n) is 14.4. The van der Waals surface area contributed by atoms with Crippen molar-refractivity contribution in [1.29, 1.82) is 0 Å². The first-order chi connectivity index (χ1) is 12.1. The lowest BCUT2D eigenvalue weighted by molar-refractivity contribution is -0.131. The average molecular weight is 357 g/mol. The molecule has 25 heavy (non-hydrogen) atoms. The molecule has 1 atom stereocenters. The molecule has 0 saturated carbocycles. The molecule has 0 spiro atoms. The third-order valence-electron chi connectivity index (χ3n) is 5.43. The quantitative estimate of drug-likeness (QED) is 0.917. The maximum Gasteiger partial charge on any atom is 0.252 e. The maximum atomic E-state index is 12.7. The van der Waals surface area contributed by atoms with Gasteiger partial charge in [-0.3, -0.25) is 14.5 Å². The first-order valence-electron chi connectivity index (χ1n) is 8.89.